The van der Waals surface area contributed by atoms with Gasteiger partial charge < -0.3 is 5.32 Å². The third-order valence-corrected chi connectivity index (χ3v) is 4.84. The zero-order chi connectivity index (χ0) is 19.8. The van der Waals surface area contributed by atoms with E-state index < -0.39 is 0 Å². The molecule has 0 saturated heterocycles. The van der Waals surface area contributed by atoms with Gasteiger partial charge in [0.1, 0.15) is 0 Å². The van der Waals surface area contributed by atoms with E-state index in [9.17, 15) is 14.4 Å². The predicted octanol–water partition coefficient (Wildman–Crippen LogP) is 4.36. The van der Waals surface area contributed by atoms with Crippen LogP contribution < -0.4 is 10.2 Å². The zero-order valence-electron chi connectivity index (χ0n) is 15.5. The van der Waals surface area contributed by atoms with Crippen molar-refractivity contribution >= 4 is 29.1 Å². The molecule has 28 heavy (non-hydrogen) atoms. The fourth-order valence-electron chi connectivity index (χ4n) is 3.21. The van der Waals surface area contributed by atoms with E-state index in [4.69, 9.17) is 0 Å². The minimum atomic E-state index is -0.361. The Hall–Kier alpha value is -3.73. The van der Waals surface area contributed by atoms with Crippen LogP contribution in [-0.2, 0) is 0 Å². The molecule has 0 aliphatic carbocycles. The minimum absolute atomic E-state index is 0.248. The van der Waals surface area contributed by atoms with Gasteiger partial charge in [0.15, 0.2) is 0 Å². The summed E-state index contributed by atoms with van der Waals surface area (Å²) < 4.78 is 0. The van der Waals surface area contributed by atoms with E-state index in [0.29, 0.717) is 28.1 Å². The Morgan fingerprint density at radius 1 is 0.821 bits per heavy atom. The number of nitrogens with zero attached hydrogens (tertiary/aromatic N) is 1. The SMILES string of the molecule is Cc1ccc(C(=O)Nc2cc(N3C(=O)c4ccccc4C3=O)ccc2C)cc1. The van der Waals surface area contributed by atoms with E-state index in [0.717, 1.165) is 16.0 Å². The van der Waals surface area contributed by atoms with Crippen molar-refractivity contribution in [3.63, 3.8) is 0 Å². The summed E-state index contributed by atoms with van der Waals surface area (Å²) in [4.78, 5) is 39.1. The lowest BCUT2D eigenvalue weighted by Crippen LogP contribution is -2.29. The molecule has 1 N–H and O–H groups in total. The Kier molecular flexibility index (Phi) is 4.28. The number of nitrogens with one attached hydrogen (secondary N) is 1. The standard InChI is InChI=1S/C23H18N2O3/c1-14-7-10-16(11-8-14)21(26)24-20-13-17(12-9-15(20)2)25-22(27)18-5-3-4-6-19(18)23(25)28/h3-13H,1-2H3,(H,24,26). The van der Waals surface area contributed by atoms with E-state index in [2.05, 4.69) is 5.32 Å². The Balaban J connectivity index is 1.65. The van der Waals surface area contributed by atoms with Crippen molar-refractivity contribution in [2.45, 2.75) is 13.8 Å². The normalized spacial score (nSPS) is 12.9. The number of hydrogen-bond donors (Lipinski definition) is 1. The lowest BCUT2D eigenvalue weighted by Gasteiger charge is -2.17. The van der Waals surface area contributed by atoms with Crippen LogP contribution in [0, 0.1) is 13.8 Å². The Bertz CT molecular complexity index is 1080. The molecule has 0 spiro atoms. The number of amides is 3. The van der Waals surface area contributed by atoms with Gasteiger partial charge in [-0.3, -0.25) is 14.4 Å². The molecule has 1 heterocycles. The molecular weight excluding hydrogens is 352 g/mol. The number of imide groups is 1. The number of rotatable bonds is 3. The number of anilines is 2. The first-order valence-corrected chi connectivity index (χ1v) is 8.92. The molecule has 3 amide bonds. The Labute approximate surface area is 162 Å². The molecule has 0 saturated carbocycles. The van der Waals surface area contributed by atoms with Crippen molar-refractivity contribution in [1.29, 1.82) is 0 Å². The minimum Gasteiger partial charge on any atom is -0.322 e. The number of benzene rings is 3. The first-order valence-electron chi connectivity index (χ1n) is 8.92. The van der Waals surface area contributed by atoms with E-state index in [-0.39, 0.29) is 17.7 Å². The maximum atomic E-state index is 12.7. The van der Waals surface area contributed by atoms with Gasteiger partial charge in [-0.15, -0.1) is 0 Å². The first-order chi connectivity index (χ1) is 13.5. The summed E-state index contributed by atoms with van der Waals surface area (Å²) in [6, 6.07) is 19.2. The van der Waals surface area contributed by atoms with Gasteiger partial charge in [0.25, 0.3) is 17.7 Å². The highest BCUT2D eigenvalue weighted by Crippen LogP contribution is 2.31. The summed E-state index contributed by atoms with van der Waals surface area (Å²) in [6.45, 7) is 3.81. The highest BCUT2D eigenvalue weighted by Gasteiger charge is 2.36. The van der Waals surface area contributed by atoms with E-state index in [1.165, 1.54) is 0 Å². The molecule has 0 radical (unpaired) electrons. The molecule has 5 heteroatoms. The topological polar surface area (TPSA) is 66.5 Å². The lowest BCUT2D eigenvalue weighted by atomic mass is 10.1. The molecule has 4 rings (SSSR count). The molecule has 3 aromatic carbocycles. The van der Waals surface area contributed by atoms with Gasteiger partial charge in [0.05, 0.1) is 16.8 Å². The monoisotopic (exact) mass is 370 g/mol. The van der Waals surface area contributed by atoms with Gasteiger partial charge in [0.2, 0.25) is 0 Å². The summed E-state index contributed by atoms with van der Waals surface area (Å²) in [5.41, 5.74) is 4.20. The second kappa shape index (κ2) is 6.78. The number of carbonyl (C=O) groups is 3. The second-order valence-corrected chi connectivity index (χ2v) is 6.81. The summed E-state index contributed by atoms with van der Waals surface area (Å²) in [5.74, 6) is -0.969. The van der Waals surface area contributed by atoms with Crippen LogP contribution in [0.25, 0.3) is 0 Å². The molecule has 1 aliphatic rings. The van der Waals surface area contributed by atoms with Gasteiger partial charge in [-0.2, -0.15) is 0 Å². The highest BCUT2D eigenvalue weighted by atomic mass is 16.2. The smallest absolute Gasteiger partial charge is 0.266 e. The van der Waals surface area contributed by atoms with Crippen molar-refractivity contribution in [1.82, 2.24) is 0 Å². The maximum absolute atomic E-state index is 12.7. The fraction of sp³-hybridized carbons (Fsp3) is 0.0870. The third-order valence-electron chi connectivity index (χ3n) is 4.84. The van der Waals surface area contributed by atoms with Crippen LogP contribution in [0.4, 0.5) is 11.4 Å². The molecule has 0 atom stereocenters. The molecule has 3 aromatic rings. The van der Waals surface area contributed by atoms with Crippen molar-refractivity contribution in [2.75, 3.05) is 10.2 Å². The third kappa shape index (κ3) is 2.97. The summed E-state index contributed by atoms with van der Waals surface area (Å²) in [7, 11) is 0. The largest absolute Gasteiger partial charge is 0.322 e. The van der Waals surface area contributed by atoms with Crippen molar-refractivity contribution < 1.29 is 14.4 Å². The van der Waals surface area contributed by atoms with Crippen molar-refractivity contribution in [3.8, 4) is 0 Å². The number of hydrogen-bond acceptors (Lipinski definition) is 3. The zero-order valence-corrected chi connectivity index (χ0v) is 15.5. The van der Waals surface area contributed by atoms with Crippen LogP contribution in [0.15, 0.2) is 66.7 Å². The number of fused-ring (bicyclic) bond motifs is 1. The van der Waals surface area contributed by atoms with Gasteiger partial charge >= 0.3 is 0 Å². The Morgan fingerprint density at radius 3 is 2.04 bits per heavy atom. The van der Waals surface area contributed by atoms with Gasteiger partial charge in [-0.25, -0.2) is 4.90 Å². The molecule has 1 aliphatic heterocycles. The van der Waals surface area contributed by atoms with Crippen molar-refractivity contribution in [3.05, 3.63) is 94.5 Å². The van der Waals surface area contributed by atoms with Crippen LogP contribution in [0.3, 0.4) is 0 Å². The number of carbonyl (C=O) groups excluding carboxylic acids is 3. The van der Waals surface area contributed by atoms with Crippen LogP contribution in [0.1, 0.15) is 42.2 Å². The van der Waals surface area contributed by atoms with E-state index in [1.54, 1.807) is 54.6 Å². The highest BCUT2D eigenvalue weighted by molar-refractivity contribution is 6.34. The lowest BCUT2D eigenvalue weighted by molar-refractivity contribution is 0.0925. The summed E-state index contributed by atoms with van der Waals surface area (Å²) >= 11 is 0. The van der Waals surface area contributed by atoms with Crippen LogP contribution in [-0.4, -0.2) is 17.7 Å². The molecular formula is C23H18N2O3. The quantitative estimate of drug-likeness (QED) is 0.697. The number of aryl methyl sites for hydroxylation is 2. The Morgan fingerprint density at radius 2 is 1.43 bits per heavy atom. The second-order valence-electron chi connectivity index (χ2n) is 6.81. The molecule has 0 bridgehead atoms. The fourth-order valence-corrected chi connectivity index (χ4v) is 3.21. The van der Waals surface area contributed by atoms with Crippen molar-refractivity contribution in [2.24, 2.45) is 0 Å². The average molecular weight is 370 g/mol. The van der Waals surface area contributed by atoms with E-state index >= 15 is 0 Å². The molecule has 5 nitrogen and oxygen atoms in total. The van der Waals surface area contributed by atoms with E-state index in [1.807, 2.05) is 26.0 Å². The van der Waals surface area contributed by atoms with Gasteiger partial charge in [-0.05, 0) is 55.8 Å². The molecule has 0 fully saturated rings. The summed E-state index contributed by atoms with van der Waals surface area (Å²) in [5, 5.41) is 2.87. The molecule has 138 valence electrons. The van der Waals surface area contributed by atoms with Crippen LogP contribution >= 0.6 is 0 Å². The molecule has 0 unspecified atom stereocenters. The molecule has 0 aromatic heterocycles. The van der Waals surface area contributed by atoms with Crippen LogP contribution in [0.5, 0.6) is 0 Å². The van der Waals surface area contributed by atoms with Crippen LogP contribution in [0.2, 0.25) is 0 Å². The predicted molar refractivity (Wildman–Crippen MR) is 108 cm³/mol. The maximum Gasteiger partial charge on any atom is 0.266 e. The first kappa shape index (κ1) is 17.7. The van der Waals surface area contributed by atoms with Gasteiger partial charge in [-0.1, -0.05) is 35.9 Å². The summed E-state index contributed by atoms with van der Waals surface area (Å²) in [6.07, 6.45) is 0. The van der Waals surface area contributed by atoms with Gasteiger partial charge in [0, 0.05) is 11.3 Å². The average Bonchev–Trinajstić information content (AvgIpc) is 2.95.